The van der Waals surface area contributed by atoms with E-state index in [0.29, 0.717) is 30.7 Å². The first kappa shape index (κ1) is 18.6. The lowest BCUT2D eigenvalue weighted by Crippen LogP contribution is -2.38. The Balaban J connectivity index is 1.61. The van der Waals surface area contributed by atoms with Crippen LogP contribution in [0, 0.1) is 0 Å². The Morgan fingerprint density at radius 3 is 2.38 bits per heavy atom. The maximum absolute atomic E-state index is 11.9. The second-order valence-corrected chi connectivity index (χ2v) is 6.16. The van der Waals surface area contributed by atoms with Gasteiger partial charge in [-0.1, -0.05) is 37.8 Å². The zero-order valence-electron chi connectivity index (χ0n) is 14.7. The van der Waals surface area contributed by atoms with Gasteiger partial charge in [0.2, 0.25) is 0 Å². The van der Waals surface area contributed by atoms with Crippen LogP contribution >= 0.6 is 0 Å². The van der Waals surface area contributed by atoms with Crippen LogP contribution in [0.2, 0.25) is 0 Å². The monoisotopic (exact) mass is 334 g/mol. The average Bonchev–Trinajstić information content (AvgIpc) is 2.87. The molecule has 134 valence electrons. The molecule has 0 saturated heterocycles. The summed E-state index contributed by atoms with van der Waals surface area (Å²) in [5, 5.41) is 6.43. The largest absolute Gasteiger partial charge is 0.490 e. The normalized spacial score (nSPS) is 15.5. The summed E-state index contributed by atoms with van der Waals surface area (Å²) in [6, 6.07) is 8.02. The standard InChI is InChI=1S/C19H30N2O3/c1-2-23-17-11-7-8-12-18(17)24-15-19(22)21-14-13-20-16-9-5-3-4-6-10-16/h7-8,11-12,16,20H,2-6,9-10,13-15H2,1H3,(H,21,22). The van der Waals surface area contributed by atoms with E-state index in [1.54, 1.807) is 0 Å². The molecule has 24 heavy (non-hydrogen) atoms. The molecule has 2 N–H and O–H groups in total. The molecule has 1 amide bonds. The molecule has 2 rings (SSSR count). The minimum Gasteiger partial charge on any atom is -0.490 e. The summed E-state index contributed by atoms with van der Waals surface area (Å²) in [4.78, 5) is 11.9. The van der Waals surface area contributed by atoms with Gasteiger partial charge in [-0.05, 0) is 31.9 Å². The van der Waals surface area contributed by atoms with E-state index in [1.807, 2.05) is 31.2 Å². The van der Waals surface area contributed by atoms with Crippen molar-refractivity contribution < 1.29 is 14.3 Å². The van der Waals surface area contributed by atoms with E-state index < -0.39 is 0 Å². The van der Waals surface area contributed by atoms with Crippen molar-refractivity contribution in [1.29, 1.82) is 0 Å². The predicted octanol–water partition coefficient (Wildman–Crippen LogP) is 2.89. The van der Waals surface area contributed by atoms with Crippen LogP contribution in [0.25, 0.3) is 0 Å². The molecule has 5 nitrogen and oxygen atoms in total. The summed E-state index contributed by atoms with van der Waals surface area (Å²) in [5.74, 6) is 1.16. The third kappa shape index (κ3) is 6.79. The van der Waals surface area contributed by atoms with Gasteiger partial charge in [0, 0.05) is 19.1 Å². The van der Waals surface area contributed by atoms with Crippen molar-refractivity contribution in [2.45, 2.75) is 51.5 Å². The van der Waals surface area contributed by atoms with E-state index in [0.717, 1.165) is 6.54 Å². The van der Waals surface area contributed by atoms with Crippen LogP contribution in [0.3, 0.4) is 0 Å². The second-order valence-electron chi connectivity index (χ2n) is 6.16. The number of benzene rings is 1. The Kier molecular flexibility index (Phi) is 8.46. The fourth-order valence-electron chi connectivity index (χ4n) is 3.00. The minimum atomic E-state index is -0.107. The third-order valence-electron chi connectivity index (χ3n) is 4.24. The lowest BCUT2D eigenvalue weighted by Gasteiger charge is -2.16. The maximum Gasteiger partial charge on any atom is 0.257 e. The fraction of sp³-hybridized carbons (Fsp3) is 0.632. The van der Waals surface area contributed by atoms with Gasteiger partial charge in [-0.3, -0.25) is 4.79 Å². The smallest absolute Gasteiger partial charge is 0.257 e. The number of nitrogens with one attached hydrogen (secondary N) is 2. The summed E-state index contributed by atoms with van der Waals surface area (Å²) in [7, 11) is 0. The van der Waals surface area contributed by atoms with Gasteiger partial charge in [0.25, 0.3) is 5.91 Å². The van der Waals surface area contributed by atoms with E-state index in [1.165, 1.54) is 38.5 Å². The highest BCUT2D eigenvalue weighted by atomic mass is 16.5. The Hall–Kier alpha value is -1.75. The first-order valence-corrected chi connectivity index (χ1v) is 9.14. The molecule has 0 aliphatic heterocycles. The van der Waals surface area contributed by atoms with Gasteiger partial charge in [0.15, 0.2) is 18.1 Å². The highest BCUT2D eigenvalue weighted by molar-refractivity contribution is 5.77. The van der Waals surface area contributed by atoms with Crippen LogP contribution in [-0.2, 0) is 4.79 Å². The lowest BCUT2D eigenvalue weighted by atomic mass is 10.1. The van der Waals surface area contributed by atoms with E-state index in [9.17, 15) is 4.79 Å². The maximum atomic E-state index is 11.9. The third-order valence-corrected chi connectivity index (χ3v) is 4.24. The van der Waals surface area contributed by atoms with Gasteiger partial charge < -0.3 is 20.1 Å². The van der Waals surface area contributed by atoms with Crippen LogP contribution in [0.15, 0.2) is 24.3 Å². The van der Waals surface area contributed by atoms with Crippen molar-refractivity contribution in [1.82, 2.24) is 10.6 Å². The highest BCUT2D eigenvalue weighted by Gasteiger charge is 2.11. The highest BCUT2D eigenvalue weighted by Crippen LogP contribution is 2.26. The summed E-state index contributed by atoms with van der Waals surface area (Å²) < 4.78 is 11.0. The number of rotatable bonds is 9. The number of ether oxygens (including phenoxy) is 2. The van der Waals surface area contributed by atoms with E-state index in [4.69, 9.17) is 9.47 Å². The quantitative estimate of drug-likeness (QED) is 0.538. The molecule has 0 spiro atoms. The minimum absolute atomic E-state index is 0.00746. The van der Waals surface area contributed by atoms with Crippen LogP contribution in [0.5, 0.6) is 11.5 Å². The van der Waals surface area contributed by atoms with Gasteiger partial charge in [0.1, 0.15) is 0 Å². The molecule has 0 atom stereocenters. The van der Waals surface area contributed by atoms with Crippen molar-refractivity contribution in [3.63, 3.8) is 0 Å². The molecule has 1 saturated carbocycles. The van der Waals surface area contributed by atoms with Gasteiger partial charge >= 0.3 is 0 Å². The van der Waals surface area contributed by atoms with Gasteiger partial charge in [-0.25, -0.2) is 0 Å². The molecule has 0 aromatic heterocycles. The summed E-state index contributed by atoms with van der Waals surface area (Å²) in [6.07, 6.45) is 7.86. The molecular weight excluding hydrogens is 304 g/mol. The Morgan fingerprint density at radius 2 is 1.71 bits per heavy atom. The van der Waals surface area contributed by atoms with E-state index >= 15 is 0 Å². The SMILES string of the molecule is CCOc1ccccc1OCC(=O)NCCNC1CCCCCC1. The average molecular weight is 334 g/mol. The fourth-order valence-corrected chi connectivity index (χ4v) is 3.00. The first-order valence-electron chi connectivity index (χ1n) is 9.14. The number of amides is 1. The summed E-state index contributed by atoms with van der Waals surface area (Å²) >= 11 is 0. The number of carbonyl (C=O) groups excluding carboxylic acids is 1. The topological polar surface area (TPSA) is 59.6 Å². The van der Waals surface area contributed by atoms with Crippen molar-refractivity contribution in [2.24, 2.45) is 0 Å². The number of carbonyl (C=O) groups is 1. The van der Waals surface area contributed by atoms with Crippen LogP contribution in [0.1, 0.15) is 45.4 Å². The molecule has 1 aliphatic rings. The molecule has 1 aliphatic carbocycles. The molecule has 1 aromatic rings. The first-order chi connectivity index (χ1) is 11.8. The van der Waals surface area contributed by atoms with Crippen LogP contribution < -0.4 is 20.1 Å². The number of para-hydroxylation sites is 2. The van der Waals surface area contributed by atoms with Crippen molar-refractivity contribution >= 4 is 5.91 Å². The zero-order chi connectivity index (χ0) is 17.0. The van der Waals surface area contributed by atoms with Gasteiger partial charge in [-0.15, -0.1) is 0 Å². The lowest BCUT2D eigenvalue weighted by molar-refractivity contribution is -0.123. The Morgan fingerprint density at radius 1 is 1.04 bits per heavy atom. The van der Waals surface area contributed by atoms with Gasteiger partial charge in [0.05, 0.1) is 6.61 Å². The van der Waals surface area contributed by atoms with Crippen molar-refractivity contribution in [2.75, 3.05) is 26.3 Å². The molecule has 5 heteroatoms. The van der Waals surface area contributed by atoms with Crippen molar-refractivity contribution in [3.8, 4) is 11.5 Å². The number of hydrogen-bond donors (Lipinski definition) is 2. The molecule has 0 unspecified atom stereocenters. The van der Waals surface area contributed by atoms with E-state index in [-0.39, 0.29) is 12.5 Å². The van der Waals surface area contributed by atoms with Crippen LogP contribution in [0.4, 0.5) is 0 Å². The molecule has 1 aromatic carbocycles. The molecule has 1 fully saturated rings. The predicted molar refractivity (Wildman–Crippen MR) is 95.6 cm³/mol. The summed E-state index contributed by atoms with van der Waals surface area (Å²) in [5.41, 5.74) is 0. The van der Waals surface area contributed by atoms with Crippen molar-refractivity contribution in [3.05, 3.63) is 24.3 Å². The van der Waals surface area contributed by atoms with Crippen LogP contribution in [-0.4, -0.2) is 38.3 Å². The number of hydrogen-bond acceptors (Lipinski definition) is 4. The Bertz CT molecular complexity index is 485. The molecule has 0 radical (unpaired) electrons. The van der Waals surface area contributed by atoms with Gasteiger partial charge in [-0.2, -0.15) is 0 Å². The zero-order valence-corrected chi connectivity index (χ0v) is 14.7. The molecular formula is C19H30N2O3. The summed E-state index contributed by atoms with van der Waals surface area (Å²) in [6.45, 7) is 3.94. The molecule has 0 heterocycles. The van der Waals surface area contributed by atoms with E-state index in [2.05, 4.69) is 10.6 Å². The molecule has 0 bridgehead atoms. The second kappa shape index (κ2) is 10.9. The Labute approximate surface area is 145 Å².